The molecule has 0 aromatic carbocycles. The summed E-state index contributed by atoms with van der Waals surface area (Å²) in [5, 5.41) is 8.97. The topological polar surface area (TPSA) is 62.5 Å². The lowest BCUT2D eigenvalue weighted by atomic mass is 9.98. The van der Waals surface area contributed by atoms with Crippen molar-refractivity contribution in [2.45, 2.75) is 31.8 Å². The van der Waals surface area contributed by atoms with Crippen molar-refractivity contribution < 1.29 is 9.90 Å². The average Bonchev–Trinajstić information content (AvgIpc) is 2.33. The number of aromatic nitrogens is 1. The minimum Gasteiger partial charge on any atom is -0.478 e. The summed E-state index contributed by atoms with van der Waals surface area (Å²) in [6, 6.07) is 3.21. The molecule has 18 heavy (non-hydrogen) atoms. The number of carboxylic acid groups (broad SMARTS) is 1. The summed E-state index contributed by atoms with van der Waals surface area (Å²) in [5.74, 6) is -0.996. The van der Waals surface area contributed by atoms with Crippen LogP contribution in [-0.4, -0.2) is 40.2 Å². The van der Waals surface area contributed by atoms with Crippen molar-refractivity contribution >= 4 is 5.97 Å². The number of carbonyl (C=O) groups is 1. The molecule has 1 N–H and O–H groups in total. The third-order valence-corrected chi connectivity index (χ3v) is 3.76. The normalized spacial score (nSPS) is 25.0. The first-order valence-electron chi connectivity index (χ1n) is 6.14. The lowest BCUT2D eigenvalue weighted by Crippen LogP contribution is -2.40. The van der Waals surface area contributed by atoms with E-state index in [-0.39, 0.29) is 17.2 Å². The molecule has 2 rings (SSSR count). The predicted octanol–water partition coefficient (Wildman–Crippen LogP) is 1.20. The van der Waals surface area contributed by atoms with Gasteiger partial charge in [0.2, 0.25) is 0 Å². The third kappa shape index (κ3) is 2.46. The van der Waals surface area contributed by atoms with Crippen LogP contribution in [0.25, 0.3) is 0 Å². The van der Waals surface area contributed by atoms with Crippen LogP contribution in [0.4, 0.5) is 0 Å². The summed E-state index contributed by atoms with van der Waals surface area (Å²) >= 11 is 0. The van der Waals surface area contributed by atoms with E-state index < -0.39 is 5.97 Å². The number of rotatable bonds is 2. The van der Waals surface area contributed by atoms with Gasteiger partial charge in [-0.3, -0.25) is 4.79 Å². The fraction of sp³-hybridized carbons (Fsp3) is 0.538. The van der Waals surface area contributed by atoms with Crippen LogP contribution < -0.4 is 5.56 Å². The molecule has 2 atom stereocenters. The van der Waals surface area contributed by atoms with Crippen LogP contribution in [0.1, 0.15) is 36.2 Å². The monoisotopic (exact) mass is 250 g/mol. The number of carboxylic acids is 1. The highest BCUT2D eigenvalue weighted by Gasteiger charge is 2.24. The van der Waals surface area contributed by atoms with Crippen LogP contribution >= 0.6 is 0 Å². The van der Waals surface area contributed by atoms with Crippen molar-refractivity contribution in [3.63, 3.8) is 0 Å². The molecule has 1 aliphatic heterocycles. The highest BCUT2D eigenvalue weighted by Crippen LogP contribution is 2.24. The van der Waals surface area contributed by atoms with Gasteiger partial charge in [0, 0.05) is 30.9 Å². The van der Waals surface area contributed by atoms with E-state index in [0.29, 0.717) is 6.04 Å². The molecule has 0 spiro atoms. The van der Waals surface area contributed by atoms with E-state index in [0.717, 1.165) is 19.4 Å². The van der Waals surface area contributed by atoms with Crippen molar-refractivity contribution in [1.29, 1.82) is 0 Å². The zero-order valence-corrected chi connectivity index (χ0v) is 10.7. The maximum absolute atomic E-state index is 11.8. The first-order chi connectivity index (χ1) is 8.49. The molecule has 5 heteroatoms. The van der Waals surface area contributed by atoms with E-state index >= 15 is 0 Å². The van der Waals surface area contributed by atoms with Crippen LogP contribution in [0.2, 0.25) is 0 Å². The van der Waals surface area contributed by atoms with Crippen LogP contribution in [0.15, 0.2) is 23.1 Å². The minimum absolute atomic E-state index is 0.1000. The molecule has 0 radical (unpaired) electrons. The van der Waals surface area contributed by atoms with Crippen LogP contribution in [0.3, 0.4) is 0 Å². The summed E-state index contributed by atoms with van der Waals surface area (Å²) < 4.78 is 1.58. The van der Waals surface area contributed by atoms with E-state index in [4.69, 9.17) is 5.11 Å². The van der Waals surface area contributed by atoms with Crippen molar-refractivity contribution in [3.05, 3.63) is 34.2 Å². The van der Waals surface area contributed by atoms with Crippen molar-refractivity contribution in [2.24, 2.45) is 0 Å². The zero-order valence-electron chi connectivity index (χ0n) is 10.7. The smallest absolute Gasteiger partial charge is 0.337 e. The number of pyridine rings is 1. The Bertz CT molecular complexity index is 509. The molecule has 1 aliphatic rings. The molecule has 0 aliphatic carbocycles. The summed E-state index contributed by atoms with van der Waals surface area (Å²) in [6.07, 6.45) is 3.22. The summed E-state index contributed by atoms with van der Waals surface area (Å²) in [7, 11) is 2.07. The van der Waals surface area contributed by atoms with Gasteiger partial charge in [0.15, 0.2) is 0 Å². The molecule has 98 valence electrons. The minimum atomic E-state index is -0.996. The van der Waals surface area contributed by atoms with Gasteiger partial charge in [-0.15, -0.1) is 0 Å². The fourth-order valence-electron chi connectivity index (χ4n) is 2.43. The summed E-state index contributed by atoms with van der Waals surface area (Å²) in [5.41, 5.74) is 0.0444. The van der Waals surface area contributed by atoms with Crippen molar-refractivity contribution in [3.8, 4) is 0 Å². The second-order valence-electron chi connectivity index (χ2n) is 4.98. The number of hydrogen-bond acceptors (Lipinski definition) is 3. The zero-order chi connectivity index (χ0) is 13.3. The van der Waals surface area contributed by atoms with Gasteiger partial charge in [0.1, 0.15) is 0 Å². The number of hydrogen-bond donors (Lipinski definition) is 1. The Hall–Kier alpha value is -1.62. The van der Waals surface area contributed by atoms with Crippen molar-refractivity contribution in [1.82, 2.24) is 9.47 Å². The average molecular weight is 250 g/mol. The molecule has 0 saturated carbocycles. The van der Waals surface area contributed by atoms with Gasteiger partial charge >= 0.3 is 5.97 Å². The number of nitrogens with zero attached hydrogens (tertiary/aromatic N) is 2. The predicted molar refractivity (Wildman–Crippen MR) is 68.0 cm³/mol. The maximum atomic E-state index is 11.8. The molecule has 1 aromatic heterocycles. The molecule has 1 saturated heterocycles. The second kappa shape index (κ2) is 4.94. The van der Waals surface area contributed by atoms with Crippen LogP contribution in [-0.2, 0) is 0 Å². The lowest BCUT2D eigenvalue weighted by Gasteiger charge is -2.35. The fourth-order valence-corrected chi connectivity index (χ4v) is 2.43. The van der Waals surface area contributed by atoms with Gasteiger partial charge in [-0.25, -0.2) is 4.79 Å². The molecular weight excluding hydrogens is 232 g/mol. The molecule has 5 nitrogen and oxygen atoms in total. The lowest BCUT2D eigenvalue weighted by molar-refractivity contribution is 0.0695. The molecular formula is C13H18N2O3. The second-order valence-corrected chi connectivity index (χ2v) is 4.98. The number of likely N-dealkylation sites (tertiary alicyclic amines) is 1. The third-order valence-electron chi connectivity index (χ3n) is 3.76. The Morgan fingerprint density at radius 1 is 1.44 bits per heavy atom. The SMILES string of the molecule is CC1CC(n2cc(C(=O)O)ccc2=O)CCN1C. The molecule has 0 bridgehead atoms. The Balaban J connectivity index is 2.30. The Labute approximate surface area is 106 Å². The molecule has 0 amide bonds. The quantitative estimate of drug-likeness (QED) is 0.856. The largest absolute Gasteiger partial charge is 0.478 e. The van der Waals surface area contributed by atoms with E-state index in [1.165, 1.54) is 18.3 Å². The number of piperidine rings is 1. The van der Waals surface area contributed by atoms with Gasteiger partial charge in [-0.05, 0) is 32.9 Å². The molecule has 2 unspecified atom stereocenters. The van der Waals surface area contributed by atoms with E-state index in [1.807, 2.05) is 0 Å². The summed E-state index contributed by atoms with van der Waals surface area (Å²) in [6.45, 7) is 3.05. The van der Waals surface area contributed by atoms with Gasteiger partial charge < -0.3 is 14.6 Å². The molecule has 1 aromatic rings. The summed E-state index contributed by atoms with van der Waals surface area (Å²) in [4.78, 5) is 25.0. The highest BCUT2D eigenvalue weighted by atomic mass is 16.4. The van der Waals surface area contributed by atoms with E-state index in [1.54, 1.807) is 4.57 Å². The Morgan fingerprint density at radius 2 is 2.17 bits per heavy atom. The standard InChI is InChI=1S/C13H18N2O3/c1-9-7-11(5-6-14(9)2)15-8-10(13(17)18)3-4-12(15)16/h3-4,8-9,11H,5-7H2,1-2H3,(H,17,18). The van der Waals surface area contributed by atoms with Gasteiger partial charge in [0.05, 0.1) is 5.56 Å². The first kappa shape index (κ1) is 12.8. The van der Waals surface area contributed by atoms with Gasteiger partial charge in [-0.1, -0.05) is 0 Å². The maximum Gasteiger partial charge on any atom is 0.337 e. The first-order valence-corrected chi connectivity index (χ1v) is 6.14. The molecule has 2 heterocycles. The Kier molecular flexibility index (Phi) is 3.52. The van der Waals surface area contributed by atoms with E-state index in [9.17, 15) is 9.59 Å². The van der Waals surface area contributed by atoms with Crippen molar-refractivity contribution in [2.75, 3.05) is 13.6 Å². The van der Waals surface area contributed by atoms with Crippen LogP contribution in [0, 0.1) is 0 Å². The van der Waals surface area contributed by atoms with Gasteiger partial charge in [-0.2, -0.15) is 0 Å². The number of aromatic carboxylic acids is 1. The van der Waals surface area contributed by atoms with E-state index in [2.05, 4.69) is 18.9 Å². The highest BCUT2D eigenvalue weighted by molar-refractivity contribution is 5.87. The Morgan fingerprint density at radius 3 is 2.78 bits per heavy atom. The van der Waals surface area contributed by atoms with Gasteiger partial charge in [0.25, 0.3) is 5.56 Å². The van der Waals surface area contributed by atoms with Crippen LogP contribution in [0.5, 0.6) is 0 Å². The molecule has 1 fully saturated rings.